The van der Waals surface area contributed by atoms with Crippen LogP contribution in [0.25, 0.3) is 44.3 Å². The molecule has 10 heteroatoms. The molecular formula is C90H152F2N4S2Sn2. The van der Waals surface area contributed by atoms with Crippen molar-refractivity contribution >= 4 is 89.4 Å². The molecule has 3 aromatic carbocycles. The van der Waals surface area contributed by atoms with Gasteiger partial charge in [-0.05, 0) is 0 Å². The number of benzene rings is 3. The van der Waals surface area contributed by atoms with Crippen LogP contribution in [0.3, 0.4) is 0 Å². The van der Waals surface area contributed by atoms with Crippen molar-refractivity contribution in [2.24, 2.45) is 0 Å². The summed E-state index contributed by atoms with van der Waals surface area (Å²) < 4.78 is 64.7. The zero-order chi connectivity index (χ0) is 71.3. The zero-order valence-corrected chi connectivity index (χ0v) is 74.3. The summed E-state index contributed by atoms with van der Waals surface area (Å²) >= 11 is -3.35. The van der Waals surface area contributed by atoms with E-state index in [0.29, 0.717) is 22.3 Å². The van der Waals surface area contributed by atoms with Crippen molar-refractivity contribution in [3.8, 4) is 22.3 Å². The van der Waals surface area contributed by atoms with E-state index in [-0.39, 0.29) is 11.6 Å². The van der Waals surface area contributed by atoms with E-state index in [9.17, 15) is 0 Å². The molecule has 4 nitrogen and oxygen atoms in total. The summed E-state index contributed by atoms with van der Waals surface area (Å²) in [7, 11) is 0. The molecule has 2 heterocycles. The molecule has 566 valence electrons. The zero-order valence-electron chi connectivity index (χ0n) is 66.9. The van der Waals surface area contributed by atoms with Crippen LogP contribution in [-0.4, -0.2) is 54.2 Å². The summed E-state index contributed by atoms with van der Waals surface area (Å²) in [5.74, 6) is -0.274. The molecule has 100 heavy (non-hydrogen) atoms. The maximum absolute atomic E-state index is 20.5. The standard InChI is InChI=1S/C84H134F2N4S2.6CH3.2Sn/c1-5-9-13-17-21-25-29-33-37-41-45-49-53-57-65-83(66-58-54-50-46-42-38-34-30-26-22-18-14-10-6-2)69-61-63-71-81(89-91-87-71)73(69)75-77(83)79(85)76-74-70(62-64-72-82(74)90-92-88-72)84(78(76)80(75)86,67-59-55-51-47-43-39-35-31-27-23-19-15-11-7-3)68-60-56-52-48-44-40-36-32-28-24-20-16-12-8-4;;;;;;;;/h61-62H,5-60,65-68H2,1-4H3;6*1H3;;. The van der Waals surface area contributed by atoms with E-state index in [4.69, 9.17) is 17.5 Å². The van der Waals surface area contributed by atoms with Gasteiger partial charge in [0.2, 0.25) is 0 Å². The van der Waals surface area contributed by atoms with Crippen LogP contribution in [0.4, 0.5) is 8.78 Å². The molecule has 2 aliphatic carbocycles. The van der Waals surface area contributed by atoms with Gasteiger partial charge in [0.25, 0.3) is 0 Å². The second kappa shape index (κ2) is 47.5. The van der Waals surface area contributed by atoms with Gasteiger partial charge in [0.1, 0.15) is 0 Å². The number of fused-ring (bicyclic) bond motifs is 10. The van der Waals surface area contributed by atoms with Gasteiger partial charge < -0.3 is 0 Å². The molecule has 0 atom stereocenters. The Balaban J connectivity index is 1.26. The first-order chi connectivity index (χ1) is 48.7. The first-order valence-electron chi connectivity index (χ1n) is 43.9. The third kappa shape index (κ3) is 25.4. The van der Waals surface area contributed by atoms with Gasteiger partial charge in [0.05, 0.1) is 0 Å². The Morgan fingerprint density at radius 3 is 0.630 bits per heavy atom. The SMILES string of the molecule is CCCCCCCCCCCCCCCCC1(CCCCCCCCCCCCCCCC)c2c[c]([Sn]([CH3])([CH3])[CH3])c3nsnc3c2-c2c(F)c3c(c(F)c21)-c1c(c[c]([Sn]([CH3])([CH3])[CH3])c2nsnc12)C3(CCCCCCCCCCCCCCCC)CCCCCCCCCCCCCCCC. The number of hydrogen-bond donors (Lipinski definition) is 0. The summed E-state index contributed by atoms with van der Waals surface area (Å²) in [6.45, 7) is 9.24. The average Bonchev–Trinajstić information content (AvgIpc) is 1.50. The van der Waals surface area contributed by atoms with Gasteiger partial charge >= 0.3 is 430 Å². The smallest absolute Gasteiger partial charge is 0.0654 e. The van der Waals surface area contributed by atoms with E-state index in [1.165, 1.54) is 350 Å². The van der Waals surface area contributed by atoms with Gasteiger partial charge in [-0.1, -0.05) is 207 Å². The first-order valence-corrected chi connectivity index (χ1v) is 65.3. The topological polar surface area (TPSA) is 51.6 Å². The summed E-state index contributed by atoms with van der Waals surface area (Å²) in [5.41, 5.74) is 8.94. The summed E-state index contributed by atoms with van der Waals surface area (Å²) in [6, 6.07) is 5.06. The Morgan fingerprint density at radius 1 is 0.260 bits per heavy atom. The number of rotatable bonds is 62. The van der Waals surface area contributed by atoms with Crippen LogP contribution < -0.4 is 7.16 Å². The van der Waals surface area contributed by atoms with E-state index in [2.05, 4.69) is 69.5 Å². The third-order valence-electron chi connectivity index (χ3n) is 24.4. The number of halogens is 2. The van der Waals surface area contributed by atoms with Crippen LogP contribution in [0.1, 0.15) is 435 Å². The van der Waals surface area contributed by atoms with Crippen LogP contribution in [0, 0.1) is 11.6 Å². The Bertz CT molecular complexity index is 2780. The number of unbranched alkanes of at least 4 members (excludes halogenated alkanes) is 52. The van der Waals surface area contributed by atoms with Crippen molar-refractivity contribution in [2.45, 2.75) is 453 Å². The minimum atomic E-state index is -2.97. The van der Waals surface area contributed by atoms with Gasteiger partial charge in [-0.25, -0.2) is 0 Å². The van der Waals surface area contributed by atoms with Crippen LogP contribution in [-0.2, 0) is 10.8 Å². The second-order valence-corrected chi connectivity index (χ2v) is 64.6. The van der Waals surface area contributed by atoms with Crippen LogP contribution in [0.2, 0.25) is 29.6 Å². The van der Waals surface area contributed by atoms with Crippen LogP contribution in [0.15, 0.2) is 12.1 Å². The predicted molar refractivity (Wildman–Crippen MR) is 446 cm³/mol. The number of hydrogen-bond acceptors (Lipinski definition) is 6. The fraction of sp³-hybridized carbons (Fsp3) is 0.800. The average molecular weight is 1630 g/mol. The molecule has 0 aliphatic heterocycles. The molecule has 0 saturated carbocycles. The van der Waals surface area contributed by atoms with Gasteiger partial charge in [0.15, 0.2) is 0 Å². The quantitative estimate of drug-likeness (QED) is 0.0288. The molecule has 0 unspecified atom stereocenters. The summed E-state index contributed by atoms with van der Waals surface area (Å²) in [4.78, 5) is 15.1. The molecule has 0 fully saturated rings. The Kier molecular flexibility index (Phi) is 40.9. The summed E-state index contributed by atoms with van der Waals surface area (Å²) in [6.07, 6.45) is 76.2. The minimum Gasteiger partial charge on any atom is -0.0654 e. The van der Waals surface area contributed by atoms with Crippen molar-refractivity contribution in [3.05, 3.63) is 46.0 Å². The van der Waals surface area contributed by atoms with E-state index in [0.717, 1.165) is 110 Å². The van der Waals surface area contributed by atoms with Gasteiger partial charge in [0, 0.05) is 0 Å². The Hall–Kier alpha value is -1.24. The minimum absolute atomic E-state index is 0.137. The van der Waals surface area contributed by atoms with E-state index >= 15 is 8.78 Å². The van der Waals surface area contributed by atoms with Crippen LogP contribution >= 0.6 is 23.5 Å². The predicted octanol–water partition coefficient (Wildman–Crippen LogP) is 31.1. The molecule has 7 rings (SSSR count). The normalized spacial score (nSPS) is 14.0. The van der Waals surface area contributed by atoms with Gasteiger partial charge in [-0.2, -0.15) is 0 Å². The van der Waals surface area contributed by atoms with E-state index in [1.54, 1.807) is 0 Å². The molecule has 2 aliphatic rings. The Morgan fingerprint density at radius 2 is 0.440 bits per heavy atom. The van der Waals surface area contributed by atoms with E-state index in [1.807, 2.05) is 0 Å². The molecule has 0 saturated heterocycles. The molecule has 0 amide bonds. The summed E-state index contributed by atoms with van der Waals surface area (Å²) in [5, 5.41) is 0. The molecule has 0 radical (unpaired) electrons. The third-order valence-corrected chi connectivity index (χ3v) is 36.8. The van der Waals surface area contributed by atoms with Gasteiger partial charge in [-0.15, -0.1) is 0 Å². The molecule has 2 aromatic heterocycles. The fourth-order valence-electron chi connectivity index (χ4n) is 18.4. The molecular weight excluding hydrogens is 1480 g/mol. The van der Waals surface area contributed by atoms with E-state index < -0.39 is 47.6 Å². The van der Waals surface area contributed by atoms with Crippen molar-refractivity contribution in [2.75, 3.05) is 0 Å². The van der Waals surface area contributed by atoms with Crippen molar-refractivity contribution in [1.82, 2.24) is 17.5 Å². The molecule has 0 bridgehead atoms. The molecule has 0 N–H and O–H groups in total. The van der Waals surface area contributed by atoms with Crippen LogP contribution in [0.5, 0.6) is 0 Å². The second-order valence-electron chi connectivity index (χ2n) is 34.8. The number of aromatic nitrogens is 4. The molecule has 0 spiro atoms. The number of nitrogens with zero attached hydrogens (tertiary/aromatic N) is 4. The van der Waals surface area contributed by atoms with Gasteiger partial charge in [-0.3, -0.25) is 0 Å². The van der Waals surface area contributed by atoms with Crippen molar-refractivity contribution in [1.29, 1.82) is 0 Å². The monoisotopic (exact) mass is 1630 g/mol. The van der Waals surface area contributed by atoms with Crippen molar-refractivity contribution in [3.63, 3.8) is 0 Å². The Labute approximate surface area is 631 Å². The van der Waals surface area contributed by atoms with Crippen molar-refractivity contribution < 1.29 is 8.78 Å². The maximum atomic E-state index is 20.5. The first kappa shape index (κ1) is 86.0. The fourth-order valence-corrected chi connectivity index (χ4v) is 28.3. The molecule has 5 aromatic rings.